The minimum Gasteiger partial charge on any atom is -0.490 e. The summed E-state index contributed by atoms with van der Waals surface area (Å²) in [6, 6.07) is 19.8. The Morgan fingerprint density at radius 1 is 1.00 bits per heavy atom. The van der Waals surface area contributed by atoms with E-state index in [4.69, 9.17) is 9.47 Å². The molecule has 4 aromatic rings. The van der Waals surface area contributed by atoms with Gasteiger partial charge in [0, 0.05) is 49.5 Å². The molecule has 0 aliphatic carbocycles. The zero-order chi connectivity index (χ0) is 22.9. The molecule has 0 saturated heterocycles. The smallest absolute Gasteiger partial charge is 0.219 e. The zero-order valence-electron chi connectivity index (χ0n) is 19.4. The number of ether oxygens (including phenoxy) is 2. The average Bonchev–Trinajstić information content (AvgIpc) is 3.27. The lowest BCUT2D eigenvalue weighted by Gasteiger charge is -2.13. The number of para-hydroxylation sites is 3. The number of hydrogen-bond donors (Lipinski definition) is 3. The maximum atomic E-state index is 5.89. The van der Waals surface area contributed by atoms with Gasteiger partial charge in [0.05, 0.1) is 6.61 Å². The second-order valence-corrected chi connectivity index (χ2v) is 7.45. The number of pyridine rings is 1. The third kappa shape index (κ3) is 6.63. The molecule has 0 aliphatic heterocycles. The van der Waals surface area contributed by atoms with Gasteiger partial charge in [0.2, 0.25) is 5.88 Å². The Labute approximate surface area is 217 Å². The summed E-state index contributed by atoms with van der Waals surface area (Å²) in [5.41, 5.74) is 3.48. The maximum absolute atomic E-state index is 5.89. The van der Waals surface area contributed by atoms with Gasteiger partial charge in [-0.15, -0.1) is 24.0 Å². The Kier molecular flexibility index (Phi) is 9.57. The van der Waals surface area contributed by atoms with Crippen molar-refractivity contribution in [3.63, 3.8) is 0 Å². The van der Waals surface area contributed by atoms with E-state index in [0.717, 1.165) is 30.0 Å². The van der Waals surface area contributed by atoms with Gasteiger partial charge in [-0.1, -0.05) is 36.4 Å². The Balaban J connectivity index is 0.00000324. The van der Waals surface area contributed by atoms with Crippen LogP contribution in [0.15, 0.2) is 78.0 Å². The van der Waals surface area contributed by atoms with Gasteiger partial charge in [0.1, 0.15) is 0 Å². The standard InChI is InChI=1S/C26H29N5O2.HI/c1-3-32-23-10-6-7-11-24(23)33-25-13-12-19(16-30-25)17-31-26(27-2)28-15-14-20-18-29-22-9-5-4-8-21(20)22;/h4-13,16,18,29H,3,14-15,17H2,1-2H3,(H2,27,28,31);1H. The molecule has 3 N–H and O–H groups in total. The van der Waals surface area contributed by atoms with Crippen LogP contribution < -0.4 is 20.1 Å². The van der Waals surface area contributed by atoms with Crippen molar-refractivity contribution in [2.24, 2.45) is 4.99 Å². The molecule has 0 amide bonds. The Morgan fingerprint density at radius 2 is 1.79 bits per heavy atom. The van der Waals surface area contributed by atoms with Gasteiger partial charge < -0.3 is 25.1 Å². The van der Waals surface area contributed by atoms with E-state index in [1.54, 1.807) is 13.2 Å². The molecule has 0 aliphatic rings. The topological polar surface area (TPSA) is 83.6 Å². The monoisotopic (exact) mass is 571 g/mol. The number of fused-ring (bicyclic) bond motifs is 1. The number of benzene rings is 2. The van der Waals surface area contributed by atoms with Crippen molar-refractivity contribution < 1.29 is 9.47 Å². The van der Waals surface area contributed by atoms with Crippen LogP contribution in [-0.4, -0.2) is 36.1 Å². The molecule has 0 radical (unpaired) electrons. The van der Waals surface area contributed by atoms with Crippen molar-refractivity contribution in [3.8, 4) is 17.4 Å². The molecule has 178 valence electrons. The Hall–Kier alpha value is -3.27. The first-order chi connectivity index (χ1) is 16.3. The fraction of sp³-hybridized carbons (Fsp3) is 0.231. The normalized spacial score (nSPS) is 11.1. The number of hydrogen-bond acceptors (Lipinski definition) is 4. The predicted molar refractivity (Wildman–Crippen MR) is 148 cm³/mol. The SMILES string of the molecule is CCOc1ccccc1Oc1ccc(CNC(=NC)NCCc2c[nH]c3ccccc23)cn1.I. The van der Waals surface area contributed by atoms with E-state index in [2.05, 4.69) is 50.0 Å². The van der Waals surface area contributed by atoms with Gasteiger partial charge in [-0.3, -0.25) is 4.99 Å². The highest BCUT2D eigenvalue weighted by atomic mass is 127. The van der Waals surface area contributed by atoms with Crippen molar-refractivity contribution in [3.05, 3.63) is 84.2 Å². The number of rotatable bonds is 9. The summed E-state index contributed by atoms with van der Waals surface area (Å²) in [5.74, 6) is 2.63. The van der Waals surface area contributed by atoms with Crippen LogP contribution in [0, 0.1) is 0 Å². The zero-order valence-corrected chi connectivity index (χ0v) is 21.7. The van der Waals surface area contributed by atoms with Crippen LogP contribution in [0.25, 0.3) is 10.9 Å². The second kappa shape index (κ2) is 12.8. The number of aliphatic imine (C=N–C) groups is 1. The summed E-state index contributed by atoms with van der Waals surface area (Å²) in [6.07, 6.45) is 4.77. The van der Waals surface area contributed by atoms with Crippen LogP contribution in [0.5, 0.6) is 17.4 Å². The van der Waals surface area contributed by atoms with Crippen LogP contribution in [-0.2, 0) is 13.0 Å². The molecule has 2 aromatic carbocycles. The van der Waals surface area contributed by atoms with E-state index in [1.165, 1.54) is 10.9 Å². The number of guanidine groups is 1. The van der Waals surface area contributed by atoms with Crippen LogP contribution in [0.2, 0.25) is 0 Å². The molecule has 0 fully saturated rings. The molecular formula is C26H30IN5O2. The molecule has 0 atom stereocenters. The van der Waals surface area contributed by atoms with E-state index in [1.807, 2.05) is 49.4 Å². The third-order valence-electron chi connectivity index (χ3n) is 5.21. The summed E-state index contributed by atoms with van der Waals surface area (Å²) in [5, 5.41) is 7.96. The van der Waals surface area contributed by atoms with E-state index >= 15 is 0 Å². The van der Waals surface area contributed by atoms with Crippen LogP contribution >= 0.6 is 24.0 Å². The van der Waals surface area contributed by atoms with Gasteiger partial charge in [0.25, 0.3) is 0 Å². The van der Waals surface area contributed by atoms with Gasteiger partial charge >= 0.3 is 0 Å². The first-order valence-corrected chi connectivity index (χ1v) is 11.1. The fourth-order valence-corrected chi connectivity index (χ4v) is 3.56. The lowest BCUT2D eigenvalue weighted by Crippen LogP contribution is -2.37. The molecule has 0 spiro atoms. The molecular weight excluding hydrogens is 541 g/mol. The van der Waals surface area contributed by atoms with E-state index < -0.39 is 0 Å². The summed E-state index contributed by atoms with van der Waals surface area (Å²) in [7, 11) is 1.77. The molecule has 2 aromatic heterocycles. The third-order valence-corrected chi connectivity index (χ3v) is 5.21. The number of halogens is 1. The van der Waals surface area contributed by atoms with E-state index in [-0.39, 0.29) is 24.0 Å². The molecule has 34 heavy (non-hydrogen) atoms. The summed E-state index contributed by atoms with van der Waals surface area (Å²) in [4.78, 5) is 12.1. The van der Waals surface area contributed by atoms with Crippen LogP contribution in [0.1, 0.15) is 18.1 Å². The highest BCUT2D eigenvalue weighted by Crippen LogP contribution is 2.30. The molecule has 0 saturated carbocycles. The van der Waals surface area contributed by atoms with Crippen molar-refractivity contribution in [1.82, 2.24) is 20.6 Å². The highest BCUT2D eigenvalue weighted by Gasteiger charge is 2.07. The molecule has 8 heteroatoms. The van der Waals surface area contributed by atoms with Gasteiger partial charge in [-0.2, -0.15) is 0 Å². The fourth-order valence-electron chi connectivity index (χ4n) is 3.56. The quantitative estimate of drug-likeness (QED) is 0.145. The minimum atomic E-state index is 0. The number of H-pyrrole nitrogens is 1. The van der Waals surface area contributed by atoms with Gasteiger partial charge in [0.15, 0.2) is 17.5 Å². The number of aromatic nitrogens is 2. The summed E-state index contributed by atoms with van der Waals surface area (Å²) < 4.78 is 11.5. The molecule has 4 rings (SSSR count). The number of aromatic amines is 1. The van der Waals surface area contributed by atoms with E-state index in [9.17, 15) is 0 Å². The predicted octanol–water partition coefficient (Wildman–Crippen LogP) is 5.28. The van der Waals surface area contributed by atoms with Crippen LogP contribution in [0.3, 0.4) is 0 Å². The van der Waals surface area contributed by atoms with Crippen LogP contribution in [0.4, 0.5) is 0 Å². The lowest BCUT2D eigenvalue weighted by molar-refractivity contribution is 0.319. The van der Waals surface area contributed by atoms with Crippen molar-refractivity contribution in [2.75, 3.05) is 20.2 Å². The summed E-state index contributed by atoms with van der Waals surface area (Å²) in [6.45, 7) is 3.92. The molecule has 2 heterocycles. The number of nitrogens with zero attached hydrogens (tertiary/aromatic N) is 2. The minimum absolute atomic E-state index is 0. The molecule has 0 unspecified atom stereocenters. The first-order valence-electron chi connectivity index (χ1n) is 11.1. The summed E-state index contributed by atoms with van der Waals surface area (Å²) >= 11 is 0. The lowest BCUT2D eigenvalue weighted by atomic mass is 10.1. The van der Waals surface area contributed by atoms with Gasteiger partial charge in [-0.25, -0.2) is 4.98 Å². The Bertz CT molecular complexity index is 1210. The molecule has 7 nitrogen and oxygen atoms in total. The molecule has 0 bridgehead atoms. The first kappa shape index (κ1) is 25.4. The van der Waals surface area contributed by atoms with Crippen molar-refractivity contribution in [1.29, 1.82) is 0 Å². The van der Waals surface area contributed by atoms with E-state index in [0.29, 0.717) is 30.5 Å². The Morgan fingerprint density at radius 3 is 2.56 bits per heavy atom. The highest BCUT2D eigenvalue weighted by molar-refractivity contribution is 14.0. The van der Waals surface area contributed by atoms with Crippen molar-refractivity contribution in [2.45, 2.75) is 19.9 Å². The average molecular weight is 571 g/mol. The largest absolute Gasteiger partial charge is 0.490 e. The maximum Gasteiger partial charge on any atom is 0.219 e. The van der Waals surface area contributed by atoms with Crippen molar-refractivity contribution >= 4 is 40.8 Å². The van der Waals surface area contributed by atoms with Gasteiger partial charge in [-0.05, 0) is 42.7 Å². The second-order valence-electron chi connectivity index (χ2n) is 7.45. The number of nitrogens with one attached hydrogen (secondary N) is 3.